The molecule has 0 radical (unpaired) electrons. The number of rotatable bonds is 7. The van der Waals surface area contributed by atoms with E-state index in [1.54, 1.807) is 12.1 Å². The molecule has 0 unspecified atom stereocenters. The maximum Gasteiger partial charge on any atom is 0.251 e. The summed E-state index contributed by atoms with van der Waals surface area (Å²) in [6.07, 6.45) is 1.78. The summed E-state index contributed by atoms with van der Waals surface area (Å²) in [5, 5.41) is 2.92. The Morgan fingerprint density at radius 2 is 2.03 bits per heavy atom. The molecule has 1 aliphatic rings. The quantitative estimate of drug-likeness (QED) is 0.650. The maximum atomic E-state index is 13.6. The lowest BCUT2D eigenvalue weighted by molar-refractivity contribution is 0.0941. The fraction of sp³-hybridized carbons (Fsp3) is 0.435. The Labute approximate surface area is 194 Å². The molecule has 0 aliphatic carbocycles. The van der Waals surface area contributed by atoms with Crippen LogP contribution >= 0.6 is 11.6 Å². The van der Waals surface area contributed by atoms with E-state index in [0.717, 1.165) is 18.4 Å². The van der Waals surface area contributed by atoms with Gasteiger partial charge in [0.15, 0.2) is 0 Å². The summed E-state index contributed by atoms with van der Waals surface area (Å²) in [4.78, 5) is 14.7. The Morgan fingerprint density at radius 3 is 2.69 bits per heavy atom. The molecule has 0 aromatic heterocycles. The SMILES string of the molecule is C[C@@H]1CCCN(S(=O)(=O)c2cc(C(=O)NC[C@H](c3cccc(F)c3)N(C)C)ccc2Cl)C1. The van der Waals surface area contributed by atoms with E-state index in [9.17, 15) is 17.6 Å². The van der Waals surface area contributed by atoms with Gasteiger partial charge in [0.2, 0.25) is 10.0 Å². The Kier molecular flexibility index (Phi) is 7.92. The standard InChI is InChI=1S/C23H29ClFN3O3S/c1-16-6-5-11-28(15-16)32(30,31)22-13-18(9-10-20(22)24)23(29)26-14-21(27(2)3)17-7-4-8-19(25)12-17/h4,7-10,12-13,16,21H,5-6,11,14-15H2,1-3H3,(H,26,29)/t16-,21-/m1/s1. The predicted molar refractivity (Wildman–Crippen MR) is 124 cm³/mol. The number of carbonyl (C=O) groups excluding carboxylic acids is 1. The van der Waals surface area contributed by atoms with Crippen molar-refractivity contribution in [3.05, 3.63) is 64.4 Å². The molecule has 1 heterocycles. The summed E-state index contributed by atoms with van der Waals surface area (Å²) in [7, 11) is -0.119. The molecule has 0 spiro atoms. The summed E-state index contributed by atoms with van der Waals surface area (Å²) < 4.78 is 41.4. The van der Waals surface area contributed by atoms with Crippen LogP contribution in [0.3, 0.4) is 0 Å². The third-order valence-corrected chi connectivity index (χ3v) is 8.09. The number of likely N-dealkylation sites (N-methyl/N-ethyl adjacent to an activating group) is 1. The van der Waals surface area contributed by atoms with Crippen LogP contribution in [-0.2, 0) is 10.0 Å². The van der Waals surface area contributed by atoms with Gasteiger partial charge in [-0.05, 0) is 68.8 Å². The van der Waals surface area contributed by atoms with Gasteiger partial charge in [0.05, 0.1) is 11.1 Å². The molecule has 32 heavy (non-hydrogen) atoms. The zero-order chi connectivity index (χ0) is 23.5. The number of amides is 1. The van der Waals surface area contributed by atoms with Gasteiger partial charge in [-0.1, -0.05) is 30.7 Å². The van der Waals surface area contributed by atoms with Gasteiger partial charge < -0.3 is 10.2 Å². The first kappa shape index (κ1) is 24.6. The molecule has 3 rings (SSSR count). The van der Waals surface area contributed by atoms with Gasteiger partial charge in [-0.15, -0.1) is 0 Å². The third-order valence-electron chi connectivity index (χ3n) is 5.74. The van der Waals surface area contributed by atoms with Crippen molar-refractivity contribution < 1.29 is 17.6 Å². The van der Waals surface area contributed by atoms with Crippen LogP contribution < -0.4 is 5.32 Å². The summed E-state index contributed by atoms with van der Waals surface area (Å²) in [6.45, 7) is 3.13. The van der Waals surface area contributed by atoms with E-state index in [0.29, 0.717) is 13.1 Å². The van der Waals surface area contributed by atoms with Gasteiger partial charge in [0, 0.05) is 25.2 Å². The van der Waals surface area contributed by atoms with Gasteiger partial charge >= 0.3 is 0 Å². The fourth-order valence-electron chi connectivity index (χ4n) is 3.95. The molecule has 0 bridgehead atoms. The number of piperidine rings is 1. The Bertz CT molecular complexity index is 1080. The second kappa shape index (κ2) is 10.3. The topological polar surface area (TPSA) is 69.7 Å². The number of sulfonamides is 1. The van der Waals surface area contributed by atoms with E-state index in [2.05, 4.69) is 5.32 Å². The van der Waals surface area contributed by atoms with E-state index in [1.165, 1.54) is 34.6 Å². The molecule has 6 nitrogen and oxygen atoms in total. The first-order valence-electron chi connectivity index (χ1n) is 10.6. The number of nitrogens with one attached hydrogen (secondary N) is 1. The smallest absolute Gasteiger partial charge is 0.251 e. The van der Waals surface area contributed by atoms with Crippen LogP contribution in [0, 0.1) is 11.7 Å². The molecular weight excluding hydrogens is 453 g/mol. The lowest BCUT2D eigenvalue weighted by Crippen LogP contribution is -2.39. The minimum Gasteiger partial charge on any atom is -0.350 e. The number of halogens is 2. The molecular formula is C23H29ClFN3O3S. The first-order valence-corrected chi connectivity index (χ1v) is 12.4. The number of hydrogen-bond acceptors (Lipinski definition) is 4. The monoisotopic (exact) mass is 481 g/mol. The normalized spacial score (nSPS) is 18.5. The van der Waals surface area contributed by atoms with Gasteiger partial charge in [-0.2, -0.15) is 4.31 Å². The van der Waals surface area contributed by atoms with Crippen molar-refractivity contribution >= 4 is 27.5 Å². The molecule has 1 aliphatic heterocycles. The molecule has 9 heteroatoms. The molecule has 1 N–H and O–H groups in total. The number of hydrogen-bond donors (Lipinski definition) is 1. The molecule has 1 saturated heterocycles. The summed E-state index contributed by atoms with van der Waals surface area (Å²) in [5.74, 6) is -0.497. The minimum atomic E-state index is -3.80. The van der Waals surface area contributed by atoms with Crippen molar-refractivity contribution in [2.24, 2.45) is 5.92 Å². The maximum absolute atomic E-state index is 13.6. The van der Waals surface area contributed by atoms with Crippen LogP contribution in [0.2, 0.25) is 5.02 Å². The van der Waals surface area contributed by atoms with E-state index < -0.39 is 15.9 Å². The molecule has 2 atom stereocenters. The predicted octanol–water partition coefficient (Wildman–Crippen LogP) is 3.93. The summed E-state index contributed by atoms with van der Waals surface area (Å²) >= 11 is 6.23. The van der Waals surface area contributed by atoms with E-state index in [4.69, 9.17) is 11.6 Å². The van der Waals surface area contributed by atoms with E-state index >= 15 is 0 Å². The van der Waals surface area contributed by atoms with Gasteiger partial charge in [-0.3, -0.25) is 4.79 Å². The van der Waals surface area contributed by atoms with Crippen LogP contribution in [0.25, 0.3) is 0 Å². The van der Waals surface area contributed by atoms with Crippen LogP contribution in [0.1, 0.15) is 41.7 Å². The van der Waals surface area contributed by atoms with Crippen molar-refractivity contribution in [3.63, 3.8) is 0 Å². The summed E-state index contributed by atoms with van der Waals surface area (Å²) in [5.41, 5.74) is 0.934. The van der Waals surface area contributed by atoms with Gasteiger partial charge in [0.1, 0.15) is 10.7 Å². The van der Waals surface area contributed by atoms with Crippen LogP contribution in [0.5, 0.6) is 0 Å². The third kappa shape index (κ3) is 5.67. The van der Waals surface area contributed by atoms with Crippen molar-refractivity contribution in [1.29, 1.82) is 0 Å². The molecule has 1 amide bonds. The minimum absolute atomic E-state index is 0.0600. The second-order valence-electron chi connectivity index (χ2n) is 8.50. The van der Waals surface area contributed by atoms with E-state index in [1.807, 2.05) is 25.9 Å². The van der Waals surface area contributed by atoms with Gasteiger partial charge in [0.25, 0.3) is 5.91 Å². The van der Waals surface area contributed by atoms with Crippen molar-refractivity contribution in [1.82, 2.24) is 14.5 Å². The summed E-state index contributed by atoms with van der Waals surface area (Å²) in [6, 6.07) is 10.2. The van der Waals surface area contributed by atoms with E-state index in [-0.39, 0.29) is 39.8 Å². The molecule has 2 aromatic rings. The highest BCUT2D eigenvalue weighted by Crippen LogP contribution is 2.29. The highest BCUT2D eigenvalue weighted by atomic mass is 35.5. The van der Waals surface area contributed by atoms with Crippen molar-refractivity contribution in [2.45, 2.75) is 30.7 Å². The number of benzene rings is 2. The first-order chi connectivity index (χ1) is 15.1. The van der Waals surface area contributed by atoms with Crippen LogP contribution in [-0.4, -0.2) is 57.3 Å². The van der Waals surface area contributed by atoms with Crippen molar-refractivity contribution in [3.8, 4) is 0 Å². The Hall–Kier alpha value is -2.00. The Morgan fingerprint density at radius 1 is 1.28 bits per heavy atom. The Balaban J connectivity index is 1.79. The zero-order valence-electron chi connectivity index (χ0n) is 18.5. The lowest BCUT2D eigenvalue weighted by Gasteiger charge is -2.30. The molecule has 1 fully saturated rings. The molecule has 2 aromatic carbocycles. The number of carbonyl (C=O) groups is 1. The van der Waals surface area contributed by atoms with Gasteiger partial charge in [-0.25, -0.2) is 12.8 Å². The second-order valence-corrected chi connectivity index (χ2v) is 10.8. The average Bonchev–Trinajstić information content (AvgIpc) is 2.73. The fourth-order valence-corrected chi connectivity index (χ4v) is 6.05. The van der Waals surface area contributed by atoms with Crippen LogP contribution in [0.4, 0.5) is 4.39 Å². The average molecular weight is 482 g/mol. The molecule has 0 saturated carbocycles. The largest absolute Gasteiger partial charge is 0.350 e. The van der Waals surface area contributed by atoms with Crippen LogP contribution in [0.15, 0.2) is 47.4 Å². The number of nitrogens with zero attached hydrogens (tertiary/aromatic N) is 2. The van der Waals surface area contributed by atoms with Crippen molar-refractivity contribution in [2.75, 3.05) is 33.7 Å². The molecule has 174 valence electrons. The zero-order valence-corrected chi connectivity index (χ0v) is 20.1. The highest BCUT2D eigenvalue weighted by Gasteiger charge is 2.31. The lowest BCUT2D eigenvalue weighted by atomic mass is 10.0. The highest BCUT2D eigenvalue weighted by molar-refractivity contribution is 7.89.